The van der Waals surface area contributed by atoms with Crippen LogP contribution in [0.15, 0.2) is 48.6 Å². The molecule has 0 aliphatic rings. The van der Waals surface area contributed by atoms with E-state index in [-0.39, 0.29) is 12.8 Å². The standard InChI is InChI=1S/C43H76NO10P/c1-3-5-7-9-11-13-15-17-19-20-21-23-25-27-29-31-33-35-42(47)52-36-39(45)37-53-55(50,51)54-38-40(43(48)49)44-41(46)34-32-30-28-26-24-22-18-16-14-12-10-8-6-4-2/h5,7,11,13,16-19,39-40,45H,3-4,6,8-10,12,14-15,20-38H2,1-2H3,(H,44,46)(H,48,49)(H,50,51)/b7-5-,13-11-,18-16-,19-17-. The molecule has 0 aromatic carbocycles. The number of allylic oxidation sites excluding steroid dienone is 8. The molecule has 0 aromatic rings. The average Bonchev–Trinajstić information content (AvgIpc) is 3.16. The molecule has 1 amide bonds. The van der Waals surface area contributed by atoms with Gasteiger partial charge in [-0.2, -0.15) is 0 Å². The fourth-order valence-corrected chi connectivity index (χ4v) is 6.33. The summed E-state index contributed by atoms with van der Waals surface area (Å²) in [5.74, 6) is -2.40. The molecule has 0 saturated heterocycles. The summed E-state index contributed by atoms with van der Waals surface area (Å²) in [5.41, 5.74) is 0. The molecule has 0 heterocycles. The topological polar surface area (TPSA) is 169 Å². The number of amides is 1. The van der Waals surface area contributed by atoms with Crippen molar-refractivity contribution < 1.29 is 47.8 Å². The van der Waals surface area contributed by atoms with Crippen molar-refractivity contribution in [3.63, 3.8) is 0 Å². The molecule has 318 valence electrons. The van der Waals surface area contributed by atoms with Crippen molar-refractivity contribution in [2.45, 2.75) is 187 Å². The van der Waals surface area contributed by atoms with Crippen LogP contribution in [0.5, 0.6) is 0 Å². The van der Waals surface area contributed by atoms with Gasteiger partial charge in [0.05, 0.1) is 13.2 Å². The molecule has 12 heteroatoms. The van der Waals surface area contributed by atoms with Gasteiger partial charge in [0.2, 0.25) is 5.91 Å². The first-order valence-electron chi connectivity index (χ1n) is 21.2. The van der Waals surface area contributed by atoms with Crippen LogP contribution in [0.25, 0.3) is 0 Å². The molecule has 0 radical (unpaired) electrons. The first kappa shape index (κ1) is 52.4. The van der Waals surface area contributed by atoms with Crippen molar-refractivity contribution >= 4 is 25.7 Å². The Hall–Kier alpha value is -2.56. The van der Waals surface area contributed by atoms with Gasteiger partial charge in [0.15, 0.2) is 6.04 Å². The minimum atomic E-state index is -4.76. The third-order valence-corrected chi connectivity index (χ3v) is 9.80. The Morgan fingerprint density at radius 1 is 0.600 bits per heavy atom. The minimum absolute atomic E-state index is 0.134. The summed E-state index contributed by atoms with van der Waals surface area (Å²) in [4.78, 5) is 45.8. The maximum Gasteiger partial charge on any atom is 0.472 e. The quantitative estimate of drug-likeness (QED) is 0.0203. The largest absolute Gasteiger partial charge is 0.480 e. The second-order valence-corrected chi connectivity index (χ2v) is 15.6. The summed E-state index contributed by atoms with van der Waals surface area (Å²) in [7, 11) is -4.76. The SMILES string of the molecule is CC/C=C\C/C=C\C/C=C\CCCCCCCCCC(=O)OCC(O)COP(=O)(O)OCC(NC(=O)CCCCCCC/C=C\CCCCCCC)C(=O)O. The van der Waals surface area contributed by atoms with E-state index in [9.17, 15) is 34.1 Å². The van der Waals surface area contributed by atoms with Gasteiger partial charge >= 0.3 is 19.8 Å². The molecule has 0 rings (SSSR count). The van der Waals surface area contributed by atoms with Crippen molar-refractivity contribution in [1.82, 2.24) is 5.32 Å². The fourth-order valence-electron chi connectivity index (χ4n) is 5.56. The lowest BCUT2D eigenvalue weighted by Crippen LogP contribution is -2.43. The summed E-state index contributed by atoms with van der Waals surface area (Å²) in [6.07, 6.45) is 41.3. The number of phosphoric acid groups is 1. The zero-order valence-corrected chi connectivity index (χ0v) is 35.1. The Kier molecular flexibility index (Phi) is 36.5. The highest BCUT2D eigenvalue weighted by Crippen LogP contribution is 2.43. The van der Waals surface area contributed by atoms with E-state index in [2.05, 4.69) is 67.8 Å². The van der Waals surface area contributed by atoms with E-state index in [1.54, 1.807) is 0 Å². The van der Waals surface area contributed by atoms with Crippen LogP contribution in [-0.2, 0) is 32.7 Å². The van der Waals surface area contributed by atoms with Crippen molar-refractivity contribution in [3.8, 4) is 0 Å². The smallest absolute Gasteiger partial charge is 0.472 e. The predicted octanol–water partition coefficient (Wildman–Crippen LogP) is 10.6. The van der Waals surface area contributed by atoms with Crippen molar-refractivity contribution in [1.29, 1.82) is 0 Å². The van der Waals surface area contributed by atoms with Crippen molar-refractivity contribution in [2.24, 2.45) is 0 Å². The molecule has 0 bridgehead atoms. The monoisotopic (exact) mass is 798 g/mol. The summed E-state index contributed by atoms with van der Waals surface area (Å²) < 4.78 is 26.8. The van der Waals surface area contributed by atoms with Crippen molar-refractivity contribution in [3.05, 3.63) is 48.6 Å². The van der Waals surface area contributed by atoms with E-state index >= 15 is 0 Å². The van der Waals surface area contributed by atoms with Crippen LogP contribution < -0.4 is 5.32 Å². The van der Waals surface area contributed by atoms with Crippen LogP contribution in [-0.4, -0.2) is 64.9 Å². The highest BCUT2D eigenvalue weighted by Gasteiger charge is 2.28. The molecule has 0 fully saturated rings. The third kappa shape index (κ3) is 38.1. The Labute approximate surface area is 333 Å². The summed E-state index contributed by atoms with van der Waals surface area (Å²) in [6.45, 7) is 2.44. The molecule has 0 aromatic heterocycles. The molecule has 11 nitrogen and oxygen atoms in total. The summed E-state index contributed by atoms with van der Waals surface area (Å²) in [5, 5.41) is 21.8. The van der Waals surface area contributed by atoms with E-state index in [1.165, 1.54) is 44.9 Å². The van der Waals surface area contributed by atoms with Gasteiger partial charge in [0.1, 0.15) is 12.7 Å². The Morgan fingerprint density at radius 3 is 1.60 bits per heavy atom. The molecule has 0 aliphatic heterocycles. The van der Waals surface area contributed by atoms with E-state index in [0.717, 1.165) is 89.9 Å². The number of hydrogen-bond acceptors (Lipinski definition) is 8. The van der Waals surface area contributed by atoms with Gasteiger partial charge < -0.3 is 25.2 Å². The van der Waals surface area contributed by atoms with Crippen molar-refractivity contribution in [2.75, 3.05) is 19.8 Å². The van der Waals surface area contributed by atoms with Gasteiger partial charge in [0.25, 0.3) is 0 Å². The molecule has 55 heavy (non-hydrogen) atoms. The molecule has 0 saturated carbocycles. The number of ether oxygens (including phenoxy) is 1. The molecule has 3 atom stereocenters. The number of carbonyl (C=O) groups excluding carboxylic acids is 2. The van der Waals surface area contributed by atoms with Crippen LogP contribution in [0.4, 0.5) is 0 Å². The lowest BCUT2D eigenvalue weighted by molar-refractivity contribution is -0.147. The number of carboxylic acids is 1. The van der Waals surface area contributed by atoms with Crippen LogP contribution in [0.1, 0.15) is 174 Å². The first-order valence-corrected chi connectivity index (χ1v) is 22.7. The minimum Gasteiger partial charge on any atom is -0.480 e. The van der Waals surface area contributed by atoms with E-state index < -0.39 is 57.6 Å². The van der Waals surface area contributed by atoms with Gasteiger partial charge in [-0.05, 0) is 70.6 Å². The van der Waals surface area contributed by atoms with E-state index in [0.29, 0.717) is 12.8 Å². The van der Waals surface area contributed by atoms with Crippen LogP contribution >= 0.6 is 7.82 Å². The number of esters is 1. The zero-order chi connectivity index (χ0) is 40.7. The number of aliphatic hydroxyl groups is 1. The van der Waals surface area contributed by atoms with Crippen LogP contribution in [0.3, 0.4) is 0 Å². The number of unbranched alkanes of at least 4 members (excludes halogenated alkanes) is 17. The highest BCUT2D eigenvalue weighted by molar-refractivity contribution is 7.47. The molecule has 0 aliphatic carbocycles. The molecule has 3 unspecified atom stereocenters. The normalized spacial score (nSPS) is 14.3. The summed E-state index contributed by atoms with van der Waals surface area (Å²) >= 11 is 0. The van der Waals surface area contributed by atoms with Crippen LogP contribution in [0, 0.1) is 0 Å². The van der Waals surface area contributed by atoms with Gasteiger partial charge in [-0.15, -0.1) is 0 Å². The molecular formula is C43H76NO10P. The highest BCUT2D eigenvalue weighted by atomic mass is 31.2. The second-order valence-electron chi connectivity index (χ2n) is 14.1. The number of carbonyl (C=O) groups is 3. The second kappa shape index (κ2) is 38.3. The lowest BCUT2D eigenvalue weighted by atomic mass is 10.1. The maximum absolute atomic E-state index is 12.3. The molecular weight excluding hydrogens is 721 g/mol. The number of aliphatic carboxylic acids is 1. The molecule has 4 N–H and O–H groups in total. The maximum atomic E-state index is 12.3. The van der Waals surface area contributed by atoms with Gasteiger partial charge in [-0.3, -0.25) is 18.6 Å². The fraction of sp³-hybridized carbons (Fsp3) is 0.744. The first-order chi connectivity index (χ1) is 26.6. The van der Waals surface area contributed by atoms with Gasteiger partial charge in [-0.1, -0.05) is 140 Å². The number of aliphatic hydroxyl groups excluding tert-OH is 1. The number of carboxylic acid groups (broad SMARTS) is 1. The third-order valence-electron chi connectivity index (χ3n) is 8.85. The number of rotatable bonds is 39. The predicted molar refractivity (Wildman–Crippen MR) is 222 cm³/mol. The molecule has 0 spiro atoms. The summed E-state index contributed by atoms with van der Waals surface area (Å²) in [6, 6.07) is -1.55. The number of nitrogens with one attached hydrogen (secondary N) is 1. The van der Waals surface area contributed by atoms with E-state index in [1.807, 2.05) is 0 Å². The number of phosphoric ester groups is 1. The Bertz CT molecular complexity index is 1120. The lowest BCUT2D eigenvalue weighted by Gasteiger charge is -2.18. The van der Waals surface area contributed by atoms with Gasteiger partial charge in [-0.25, -0.2) is 9.36 Å². The number of hydrogen-bond donors (Lipinski definition) is 4. The average molecular weight is 798 g/mol. The van der Waals surface area contributed by atoms with Gasteiger partial charge in [0, 0.05) is 12.8 Å². The Balaban J connectivity index is 3.94. The van der Waals surface area contributed by atoms with Crippen LogP contribution in [0.2, 0.25) is 0 Å². The zero-order valence-electron chi connectivity index (χ0n) is 34.2. The Morgan fingerprint density at radius 2 is 1.05 bits per heavy atom. The van der Waals surface area contributed by atoms with E-state index in [4.69, 9.17) is 13.8 Å².